The highest BCUT2D eigenvalue weighted by molar-refractivity contribution is 5.79. The van der Waals surface area contributed by atoms with Gasteiger partial charge in [0.25, 0.3) is 0 Å². The maximum absolute atomic E-state index is 11.9. The van der Waals surface area contributed by atoms with Crippen LogP contribution in [0.2, 0.25) is 0 Å². The molecule has 0 bridgehead atoms. The van der Waals surface area contributed by atoms with Crippen LogP contribution in [0.15, 0.2) is 0 Å². The molecule has 0 aromatic rings. The number of carbonyl (C=O) groups excluding carboxylic acids is 1. The molecule has 2 fully saturated rings. The van der Waals surface area contributed by atoms with E-state index in [0.717, 1.165) is 32.5 Å². The van der Waals surface area contributed by atoms with Gasteiger partial charge in [-0.25, -0.2) is 0 Å². The fourth-order valence-electron chi connectivity index (χ4n) is 2.60. The van der Waals surface area contributed by atoms with E-state index in [9.17, 15) is 4.79 Å². The topological polar surface area (TPSA) is 41.1 Å². The van der Waals surface area contributed by atoms with Gasteiger partial charge in [0.05, 0.1) is 5.92 Å². The van der Waals surface area contributed by atoms with E-state index in [4.69, 9.17) is 0 Å². The van der Waals surface area contributed by atoms with Crippen LogP contribution in [-0.4, -0.2) is 25.5 Å². The monoisotopic (exact) mass is 224 g/mol. The summed E-state index contributed by atoms with van der Waals surface area (Å²) in [5.41, 5.74) is 0.428. The Morgan fingerprint density at radius 1 is 1.50 bits per heavy atom. The molecule has 1 saturated carbocycles. The summed E-state index contributed by atoms with van der Waals surface area (Å²) in [6.45, 7) is 7.35. The van der Waals surface area contributed by atoms with Crippen molar-refractivity contribution in [2.75, 3.05) is 19.6 Å². The van der Waals surface area contributed by atoms with Crippen molar-refractivity contribution in [1.29, 1.82) is 0 Å². The molecular weight excluding hydrogens is 200 g/mol. The Bertz CT molecular complexity index is 253. The number of nitrogens with one attached hydrogen (secondary N) is 2. The quantitative estimate of drug-likeness (QED) is 0.760. The SMILES string of the molecule is CC(C)C1(CNC(=O)[C@@H]2CCCNC2)CC1. The van der Waals surface area contributed by atoms with E-state index < -0.39 is 0 Å². The second kappa shape index (κ2) is 4.74. The number of carbonyl (C=O) groups is 1. The average molecular weight is 224 g/mol. The van der Waals surface area contributed by atoms with Gasteiger partial charge in [0.1, 0.15) is 0 Å². The zero-order valence-electron chi connectivity index (χ0n) is 10.5. The minimum Gasteiger partial charge on any atom is -0.355 e. The van der Waals surface area contributed by atoms with Crippen LogP contribution in [0.1, 0.15) is 39.5 Å². The van der Waals surface area contributed by atoms with E-state index >= 15 is 0 Å². The van der Waals surface area contributed by atoms with Gasteiger partial charge in [-0.15, -0.1) is 0 Å². The van der Waals surface area contributed by atoms with Crippen LogP contribution in [0.3, 0.4) is 0 Å². The van der Waals surface area contributed by atoms with Crippen LogP contribution in [0.25, 0.3) is 0 Å². The van der Waals surface area contributed by atoms with Gasteiger partial charge in [0.2, 0.25) is 5.91 Å². The molecule has 3 nitrogen and oxygen atoms in total. The van der Waals surface area contributed by atoms with Crippen LogP contribution in [0, 0.1) is 17.3 Å². The lowest BCUT2D eigenvalue weighted by Gasteiger charge is -2.25. The highest BCUT2D eigenvalue weighted by Crippen LogP contribution is 2.51. The Hall–Kier alpha value is -0.570. The van der Waals surface area contributed by atoms with E-state index in [0.29, 0.717) is 11.3 Å². The van der Waals surface area contributed by atoms with Crippen LogP contribution < -0.4 is 10.6 Å². The van der Waals surface area contributed by atoms with E-state index in [-0.39, 0.29) is 11.8 Å². The summed E-state index contributed by atoms with van der Waals surface area (Å²) in [5, 5.41) is 6.45. The number of piperidine rings is 1. The molecule has 2 N–H and O–H groups in total. The standard InChI is InChI=1S/C13H24N2O/c1-10(2)13(5-6-13)9-15-12(16)11-4-3-7-14-8-11/h10-11,14H,3-9H2,1-2H3,(H,15,16)/t11-/m1/s1. The van der Waals surface area contributed by atoms with Gasteiger partial charge in [0, 0.05) is 13.1 Å². The molecule has 0 aromatic carbocycles. The third kappa shape index (κ3) is 2.57. The Morgan fingerprint density at radius 3 is 2.75 bits per heavy atom. The summed E-state index contributed by atoms with van der Waals surface area (Å²) in [4.78, 5) is 11.9. The van der Waals surface area contributed by atoms with Crippen LogP contribution in [-0.2, 0) is 4.79 Å². The summed E-state index contributed by atoms with van der Waals surface area (Å²) < 4.78 is 0. The molecule has 1 aliphatic carbocycles. The number of rotatable bonds is 4. The normalized spacial score (nSPS) is 27.8. The van der Waals surface area contributed by atoms with Gasteiger partial charge in [0.15, 0.2) is 0 Å². The van der Waals surface area contributed by atoms with Crippen LogP contribution in [0.5, 0.6) is 0 Å². The fourth-order valence-corrected chi connectivity index (χ4v) is 2.60. The molecule has 1 amide bonds. The van der Waals surface area contributed by atoms with Crippen molar-refractivity contribution < 1.29 is 4.79 Å². The molecule has 1 heterocycles. The molecule has 3 heteroatoms. The van der Waals surface area contributed by atoms with Gasteiger partial charge >= 0.3 is 0 Å². The third-order valence-corrected chi connectivity index (χ3v) is 4.40. The van der Waals surface area contributed by atoms with E-state index in [1.54, 1.807) is 0 Å². The minimum atomic E-state index is 0.205. The Labute approximate surface area is 98.4 Å². The van der Waals surface area contributed by atoms with Crippen molar-refractivity contribution in [3.8, 4) is 0 Å². The fraction of sp³-hybridized carbons (Fsp3) is 0.923. The number of hydrogen-bond acceptors (Lipinski definition) is 2. The zero-order valence-corrected chi connectivity index (χ0v) is 10.5. The van der Waals surface area contributed by atoms with Crippen molar-refractivity contribution in [1.82, 2.24) is 10.6 Å². The summed E-state index contributed by atoms with van der Waals surface area (Å²) in [6.07, 6.45) is 4.75. The molecule has 92 valence electrons. The van der Waals surface area contributed by atoms with Crippen molar-refractivity contribution in [3.63, 3.8) is 0 Å². The first-order valence-electron chi connectivity index (χ1n) is 6.62. The summed E-state index contributed by atoms with van der Waals surface area (Å²) in [7, 11) is 0. The van der Waals surface area contributed by atoms with Crippen molar-refractivity contribution in [3.05, 3.63) is 0 Å². The van der Waals surface area contributed by atoms with Crippen molar-refractivity contribution in [2.45, 2.75) is 39.5 Å². The largest absolute Gasteiger partial charge is 0.355 e. The van der Waals surface area contributed by atoms with E-state index in [2.05, 4.69) is 24.5 Å². The molecule has 2 aliphatic rings. The molecule has 1 saturated heterocycles. The molecular formula is C13H24N2O. The first kappa shape index (κ1) is 11.9. The minimum absolute atomic E-state index is 0.205. The summed E-state index contributed by atoms with van der Waals surface area (Å²) >= 11 is 0. The lowest BCUT2D eigenvalue weighted by Crippen LogP contribution is -2.42. The molecule has 0 spiro atoms. The number of amides is 1. The molecule has 0 radical (unpaired) electrons. The maximum atomic E-state index is 11.9. The second-order valence-corrected chi connectivity index (χ2v) is 5.78. The zero-order chi connectivity index (χ0) is 11.6. The Balaban J connectivity index is 1.75. The van der Waals surface area contributed by atoms with Crippen molar-refractivity contribution in [2.24, 2.45) is 17.3 Å². The Kier molecular flexibility index (Phi) is 3.53. The van der Waals surface area contributed by atoms with Gasteiger partial charge in [-0.3, -0.25) is 4.79 Å². The first-order valence-corrected chi connectivity index (χ1v) is 6.62. The van der Waals surface area contributed by atoms with Gasteiger partial charge in [-0.05, 0) is 43.6 Å². The van der Waals surface area contributed by atoms with Gasteiger partial charge in [-0.1, -0.05) is 13.8 Å². The molecule has 0 aromatic heterocycles. The molecule has 0 unspecified atom stereocenters. The predicted molar refractivity (Wildman–Crippen MR) is 65.1 cm³/mol. The summed E-state index contributed by atoms with van der Waals surface area (Å²) in [6, 6.07) is 0. The highest BCUT2D eigenvalue weighted by atomic mass is 16.1. The third-order valence-electron chi connectivity index (χ3n) is 4.40. The van der Waals surface area contributed by atoms with Crippen molar-refractivity contribution >= 4 is 5.91 Å². The molecule has 2 rings (SSSR count). The maximum Gasteiger partial charge on any atom is 0.224 e. The van der Waals surface area contributed by atoms with Crippen LogP contribution in [0.4, 0.5) is 0 Å². The lowest BCUT2D eigenvalue weighted by atomic mass is 9.92. The summed E-state index contributed by atoms with van der Waals surface area (Å²) in [5.74, 6) is 1.16. The average Bonchev–Trinajstić information content (AvgIpc) is 3.08. The van der Waals surface area contributed by atoms with E-state index in [1.807, 2.05) is 0 Å². The van der Waals surface area contributed by atoms with Gasteiger partial charge in [-0.2, -0.15) is 0 Å². The highest BCUT2D eigenvalue weighted by Gasteiger charge is 2.45. The lowest BCUT2D eigenvalue weighted by molar-refractivity contribution is -0.125. The smallest absolute Gasteiger partial charge is 0.224 e. The first-order chi connectivity index (χ1) is 7.64. The second-order valence-electron chi connectivity index (χ2n) is 5.78. The number of hydrogen-bond donors (Lipinski definition) is 2. The Morgan fingerprint density at radius 2 is 2.25 bits per heavy atom. The molecule has 1 atom stereocenters. The van der Waals surface area contributed by atoms with Gasteiger partial charge < -0.3 is 10.6 Å². The molecule has 16 heavy (non-hydrogen) atoms. The molecule has 1 aliphatic heterocycles. The van der Waals surface area contributed by atoms with Crippen LogP contribution >= 0.6 is 0 Å². The van der Waals surface area contributed by atoms with E-state index in [1.165, 1.54) is 12.8 Å². The predicted octanol–water partition coefficient (Wildman–Crippen LogP) is 1.54.